The van der Waals surface area contributed by atoms with Crippen LogP contribution < -0.4 is 10.5 Å². The molecule has 3 aromatic rings. The Kier molecular flexibility index (Phi) is 3.94. The van der Waals surface area contributed by atoms with Crippen molar-refractivity contribution in [3.8, 4) is 22.7 Å². The van der Waals surface area contributed by atoms with E-state index in [-0.39, 0.29) is 0 Å². The summed E-state index contributed by atoms with van der Waals surface area (Å²) in [6, 6.07) is 16.0. The Labute approximate surface area is 130 Å². The van der Waals surface area contributed by atoms with Crippen molar-refractivity contribution < 1.29 is 4.74 Å². The fraction of sp³-hybridized carbons (Fsp3) is 0.167. The third-order valence-electron chi connectivity index (χ3n) is 3.74. The second kappa shape index (κ2) is 6.03. The lowest BCUT2D eigenvalue weighted by molar-refractivity contribution is 0.415. The Hall–Kier alpha value is -2.59. The van der Waals surface area contributed by atoms with E-state index in [1.807, 2.05) is 47.3 Å². The van der Waals surface area contributed by atoms with E-state index in [1.165, 1.54) is 5.56 Å². The molecular formula is C18H19N3O. The monoisotopic (exact) mass is 293 g/mol. The fourth-order valence-electron chi connectivity index (χ4n) is 2.49. The number of rotatable bonds is 4. The quantitative estimate of drug-likeness (QED) is 0.803. The highest BCUT2D eigenvalue weighted by molar-refractivity contribution is 5.64. The number of ether oxygens (including phenoxy) is 1. The molecule has 0 amide bonds. The molecule has 2 aromatic carbocycles. The smallest absolute Gasteiger partial charge is 0.118 e. The molecule has 0 aliphatic carbocycles. The molecule has 112 valence electrons. The van der Waals surface area contributed by atoms with Gasteiger partial charge in [-0.2, -0.15) is 5.10 Å². The van der Waals surface area contributed by atoms with Crippen molar-refractivity contribution in [3.05, 3.63) is 65.9 Å². The van der Waals surface area contributed by atoms with E-state index in [0.717, 1.165) is 28.3 Å². The molecule has 0 saturated heterocycles. The van der Waals surface area contributed by atoms with Crippen LogP contribution in [0.3, 0.4) is 0 Å². The van der Waals surface area contributed by atoms with Gasteiger partial charge in [-0.3, -0.25) is 0 Å². The van der Waals surface area contributed by atoms with Crippen molar-refractivity contribution in [1.82, 2.24) is 9.78 Å². The Morgan fingerprint density at radius 3 is 2.45 bits per heavy atom. The van der Waals surface area contributed by atoms with Crippen LogP contribution in [0.25, 0.3) is 16.9 Å². The van der Waals surface area contributed by atoms with Gasteiger partial charge in [0.25, 0.3) is 0 Å². The van der Waals surface area contributed by atoms with E-state index in [0.29, 0.717) is 6.54 Å². The lowest BCUT2D eigenvalue weighted by atomic mass is 10.1. The van der Waals surface area contributed by atoms with Gasteiger partial charge in [0.05, 0.1) is 18.5 Å². The van der Waals surface area contributed by atoms with Crippen LogP contribution >= 0.6 is 0 Å². The number of methoxy groups -OCH3 is 1. The van der Waals surface area contributed by atoms with E-state index in [9.17, 15) is 0 Å². The minimum atomic E-state index is 0.452. The summed E-state index contributed by atoms with van der Waals surface area (Å²) in [5.41, 5.74) is 11.1. The summed E-state index contributed by atoms with van der Waals surface area (Å²) in [5.74, 6) is 0.830. The minimum Gasteiger partial charge on any atom is -0.497 e. The summed E-state index contributed by atoms with van der Waals surface area (Å²) < 4.78 is 7.10. The van der Waals surface area contributed by atoms with Crippen molar-refractivity contribution in [2.75, 3.05) is 7.11 Å². The van der Waals surface area contributed by atoms with Crippen molar-refractivity contribution >= 4 is 0 Å². The average Bonchev–Trinajstić information content (AvgIpc) is 2.99. The van der Waals surface area contributed by atoms with Crippen molar-refractivity contribution in [1.29, 1.82) is 0 Å². The molecule has 0 fully saturated rings. The summed E-state index contributed by atoms with van der Waals surface area (Å²) in [4.78, 5) is 0. The highest BCUT2D eigenvalue weighted by atomic mass is 16.5. The summed E-state index contributed by atoms with van der Waals surface area (Å²) >= 11 is 0. The fourth-order valence-corrected chi connectivity index (χ4v) is 2.49. The van der Waals surface area contributed by atoms with E-state index >= 15 is 0 Å². The summed E-state index contributed by atoms with van der Waals surface area (Å²) in [6.45, 7) is 2.53. The second-order valence-corrected chi connectivity index (χ2v) is 5.17. The predicted molar refractivity (Wildman–Crippen MR) is 88.2 cm³/mol. The maximum atomic E-state index is 5.90. The van der Waals surface area contributed by atoms with Crippen LogP contribution in [0, 0.1) is 6.92 Å². The number of para-hydroxylation sites is 1. The molecule has 4 heteroatoms. The van der Waals surface area contributed by atoms with Crippen LogP contribution in [0.15, 0.2) is 54.7 Å². The van der Waals surface area contributed by atoms with Gasteiger partial charge in [0.15, 0.2) is 0 Å². The SMILES string of the molecule is COc1ccc(-c2nn(-c3ccccc3C)cc2CN)cc1. The number of nitrogens with zero attached hydrogens (tertiary/aromatic N) is 2. The third kappa shape index (κ3) is 2.61. The van der Waals surface area contributed by atoms with Gasteiger partial charge in [-0.1, -0.05) is 18.2 Å². The number of hydrogen-bond acceptors (Lipinski definition) is 3. The van der Waals surface area contributed by atoms with Crippen LogP contribution in [0.1, 0.15) is 11.1 Å². The molecule has 1 aromatic heterocycles. The van der Waals surface area contributed by atoms with E-state index in [1.54, 1.807) is 7.11 Å². The van der Waals surface area contributed by atoms with Crippen molar-refractivity contribution in [2.24, 2.45) is 5.73 Å². The maximum absolute atomic E-state index is 5.90. The normalized spacial score (nSPS) is 10.7. The maximum Gasteiger partial charge on any atom is 0.118 e. The molecule has 0 spiro atoms. The van der Waals surface area contributed by atoms with Gasteiger partial charge in [-0.25, -0.2) is 4.68 Å². The highest BCUT2D eigenvalue weighted by Gasteiger charge is 2.12. The zero-order valence-corrected chi connectivity index (χ0v) is 12.8. The van der Waals surface area contributed by atoms with Gasteiger partial charge in [0.1, 0.15) is 5.75 Å². The molecule has 0 saturated carbocycles. The number of aryl methyl sites for hydroxylation is 1. The second-order valence-electron chi connectivity index (χ2n) is 5.17. The molecule has 0 atom stereocenters. The molecule has 1 heterocycles. The largest absolute Gasteiger partial charge is 0.497 e. The molecule has 0 radical (unpaired) electrons. The molecule has 3 rings (SSSR count). The molecule has 0 unspecified atom stereocenters. The van der Waals surface area contributed by atoms with Gasteiger partial charge in [-0.15, -0.1) is 0 Å². The summed E-state index contributed by atoms with van der Waals surface area (Å²) in [5, 5.41) is 4.73. The first-order chi connectivity index (χ1) is 10.7. The molecule has 0 bridgehead atoms. The molecule has 0 aliphatic heterocycles. The predicted octanol–water partition coefficient (Wildman–Crippen LogP) is 3.32. The zero-order valence-electron chi connectivity index (χ0n) is 12.8. The standard InChI is InChI=1S/C18H19N3O/c1-13-5-3-4-6-17(13)21-12-15(11-19)18(20-21)14-7-9-16(22-2)10-8-14/h3-10,12H,11,19H2,1-2H3. The van der Waals surface area contributed by atoms with Gasteiger partial charge in [-0.05, 0) is 42.8 Å². The Morgan fingerprint density at radius 1 is 1.09 bits per heavy atom. The van der Waals surface area contributed by atoms with E-state index in [4.69, 9.17) is 15.6 Å². The van der Waals surface area contributed by atoms with Gasteiger partial charge < -0.3 is 10.5 Å². The molecular weight excluding hydrogens is 274 g/mol. The molecule has 2 N–H and O–H groups in total. The first-order valence-corrected chi connectivity index (χ1v) is 7.22. The van der Waals surface area contributed by atoms with Crippen molar-refractivity contribution in [2.45, 2.75) is 13.5 Å². The first-order valence-electron chi connectivity index (χ1n) is 7.22. The third-order valence-corrected chi connectivity index (χ3v) is 3.74. The summed E-state index contributed by atoms with van der Waals surface area (Å²) in [6.07, 6.45) is 2.00. The number of benzene rings is 2. The van der Waals surface area contributed by atoms with Gasteiger partial charge >= 0.3 is 0 Å². The van der Waals surface area contributed by atoms with Crippen LogP contribution in [-0.2, 0) is 6.54 Å². The van der Waals surface area contributed by atoms with Crippen LogP contribution in [-0.4, -0.2) is 16.9 Å². The lowest BCUT2D eigenvalue weighted by Gasteiger charge is -2.05. The van der Waals surface area contributed by atoms with Crippen molar-refractivity contribution in [3.63, 3.8) is 0 Å². The van der Waals surface area contributed by atoms with Crippen LogP contribution in [0.5, 0.6) is 5.75 Å². The Balaban J connectivity index is 2.06. The number of nitrogens with two attached hydrogens (primary N) is 1. The lowest BCUT2D eigenvalue weighted by Crippen LogP contribution is -1.97. The summed E-state index contributed by atoms with van der Waals surface area (Å²) in [7, 11) is 1.66. The Morgan fingerprint density at radius 2 is 1.82 bits per heavy atom. The highest BCUT2D eigenvalue weighted by Crippen LogP contribution is 2.26. The average molecular weight is 293 g/mol. The first kappa shape index (κ1) is 14.4. The van der Waals surface area contributed by atoms with E-state index < -0.39 is 0 Å². The van der Waals surface area contributed by atoms with Gasteiger partial charge in [0, 0.05) is 23.9 Å². The number of hydrogen-bond donors (Lipinski definition) is 1. The van der Waals surface area contributed by atoms with Crippen LogP contribution in [0.2, 0.25) is 0 Å². The molecule has 0 aliphatic rings. The van der Waals surface area contributed by atoms with Crippen LogP contribution in [0.4, 0.5) is 0 Å². The minimum absolute atomic E-state index is 0.452. The van der Waals surface area contributed by atoms with E-state index in [2.05, 4.69) is 19.1 Å². The molecule has 4 nitrogen and oxygen atoms in total. The van der Waals surface area contributed by atoms with Gasteiger partial charge in [0.2, 0.25) is 0 Å². The number of aromatic nitrogens is 2. The Bertz CT molecular complexity index is 775. The molecule has 22 heavy (non-hydrogen) atoms. The zero-order chi connectivity index (χ0) is 15.5. The topological polar surface area (TPSA) is 53.1 Å².